The van der Waals surface area contributed by atoms with Gasteiger partial charge >= 0.3 is 6.09 Å². The van der Waals surface area contributed by atoms with Crippen LogP contribution in [0.25, 0.3) is 0 Å². The second-order valence-electron chi connectivity index (χ2n) is 8.26. The summed E-state index contributed by atoms with van der Waals surface area (Å²) in [4.78, 5) is 15.7. The zero-order valence-corrected chi connectivity index (χ0v) is 16.8. The van der Waals surface area contributed by atoms with Gasteiger partial charge in [0.15, 0.2) is 11.6 Å². The summed E-state index contributed by atoms with van der Waals surface area (Å²) in [5.74, 6) is -1.91. The van der Waals surface area contributed by atoms with Gasteiger partial charge in [-0.25, -0.2) is 9.18 Å². The third-order valence-electron chi connectivity index (χ3n) is 4.86. The molecule has 8 heteroatoms. The van der Waals surface area contributed by atoms with Gasteiger partial charge in [-0.05, 0) is 46.7 Å². The highest BCUT2D eigenvalue weighted by Crippen LogP contribution is 2.30. The van der Waals surface area contributed by atoms with Crippen LogP contribution in [0.3, 0.4) is 0 Å². The quantitative estimate of drug-likeness (QED) is 0.849. The number of ether oxygens (including phenoxy) is 2. The van der Waals surface area contributed by atoms with Crippen molar-refractivity contribution in [2.24, 2.45) is 0 Å². The van der Waals surface area contributed by atoms with Crippen LogP contribution in [0.4, 0.5) is 19.3 Å². The lowest BCUT2D eigenvalue weighted by molar-refractivity contribution is 0.0240. The van der Waals surface area contributed by atoms with Gasteiger partial charge in [0, 0.05) is 44.0 Å². The van der Waals surface area contributed by atoms with Crippen LogP contribution < -0.4 is 15.0 Å². The van der Waals surface area contributed by atoms with Crippen molar-refractivity contribution < 1.29 is 23.0 Å². The number of carbonyl (C=O) groups excluding carboxylic acids is 1. The van der Waals surface area contributed by atoms with Gasteiger partial charge in [0.05, 0.1) is 0 Å². The molecular formula is C20H29F2N3O3. The van der Waals surface area contributed by atoms with Crippen molar-refractivity contribution in [1.82, 2.24) is 10.2 Å². The highest BCUT2D eigenvalue weighted by molar-refractivity contribution is 5.68. The minimum absolute atomic E-state index is 0.0449. The highest BCUT2D eigenvalue weighted by Gasteiger charge is 2.27. The smallest absolute Gasteiger partial charge is 0.410 e. The summed E-state index contributed by atoms with van der Waals surface area (Å²) in [5, 5.41) is 3.22. The van der Waals surface area contributed by atoms with Crippen molar-refractivity contribution in [3.8, 4) is 5.75 Å². The normalized spacial score (nSPS) is 18.9. The standard InChI is InChI=1S/C20H29F2N3O3/c1-20(2,3)28-19(26)25-10-8-24(9-11-25)14-12-16(21)18(22)17(13-14)27-15-4-6-23-7-5-15/h12-13,15,23H,4-11H2,1-3H3. The Labute approximate surface area is 164 Å². The highest BCUT2D eigenvalue weighted by atomic mass is 19.2. The van der Waals surface area contributed by atoms with E-state index in [1.54, 1.807) is 11.0 Å². The second kappa shape index (κ2) is 8.51. The molecule has 0 aromatic heterocycles. The second-order valence-corrected chi connectivity index (χ2v) is 8.26. The van der Waals surface area contributed by atoms with E-state index in [0.29, 0.717) is 31.9 Å². The largest absolute Gasteiger partial charge is 0.487 e. The maximum absolute atomic E-state index is 14.2. The first kappa shape index (κ1) is 20.6. The molecule has 0 radical (unpaired) electrons. The molecule has 1 aromatic carbocycles. The topological polar surface area (TPSA) is 54.0 Å². The molecule has 0 spiro atoms. The number of carbonyl (C=O) groups is 1. The maximum atomic E-state index is 14.2. The fourth-order valence-electron chi connectivity index (χ4n) is 3.39. The minimum Gasteiger partial charge on any atom is -0.487 e. The van der Waals surface area contributed by atoms with Gasteiger partial charge in [-0.15, -0.1) is 0 Å². The average molecular weight is 397 g/mol. The molecule has 2 aliphatic rings. The molecule has 2 fully saturated rings. The molecular weight excluding hydrogens is 368 g/mol. The Kier molecular flexibility index (Phi) is 6.27. The molecule has 1 amide bonds. The van der Waals surface area contributed by atoms with Crippen LogP contribution in [0, 0.1) is 11.6 Å². The number of nitrogens with zero attached hydrogens (tertiary/aromatic N) is 2. The van der Waals surface area contributed by atoms with E-state index in [9.17, 15) is 13.6 Å². The van der Waals surface area contributed by atoms with E-state index in [4.69, 9.17) is 9.47 Å². The zero-order valence-electron chi connectivity index (χ0n) is 16.8. The Balaban J connectivity index is 1.65. The Bertz CT molecular complexity index is 695. The summed E-state index contributed by atoms with van der Waals surface area (Å²) in [6.45, 7) is 9.03. The predicted octanol–water partition coefficient (Wildman–Crippen LogP) is 3.15. The molecule has 2 heterocycles. The molecule has 0 aliphatic carbocycles. The van der Waals surface area contributed by atoms with E-state index < -0.39 is 17.2 Å². The molecule has 0 saturated carbocycles. The molecule has 28 heavy (non-hydrogen) atoms. The lowest BCUT2D eigenvalue weighted by Gasteiger charge is -2.37. The Morgan fingerprint density at radius 3 is 2.36 bits per heavy atom. The number of halogens is 2. The molecule has 2 aliphatic heterocycles. The van der Waals surface area contributed by atoms with Crippen LogP contribution in [-0.2, 0) is 4.74 Å². The SMILES string of the molecule is CC(C)(C)OC(=O)N1CCN(c2cc(F)c(F)c(OC3CCNCC3)c2)CC1. The summed E-state index contributed by atoms with van der Waals surface area (Å²) in [6, 6.07) is 2.75. The Morgan fingerprint density at radius 1 is 1.11 bits per heavy atom. The van der Waals surface area contributed by atoms with E-state index in [2.05, 4.69) is 5.32 Å². The first-order valence-corrected chi connectivity index (χ1v) is 9.82. The Morgan fingerprint density at radius 2 is 1.75 bits per heavy atom. The third-order valence-corrected chi connectivity index (χ3v) is 4.86. The summed E-state index contributed by atoms with van der Waals surface area (Å²) in [5.41, 5.74) is 0.0153. The molecule has 0 atom stereocenters. The van der Waals surface area contributed by atoms with Gasteiger partial charge in [-0.2, -0.15) is 4.39 Å². The van der Waals surface area contributed by atoms with Crippen LogP contribution in [0.2, 0.25) is 0 Å². The number of rotatable bonds is 3. The molecule has 6 nitrogen and oxygen atoms in total. The predicted molar refractivity (Wildman–Crippen MR) is 103 cm³/mol. The van der Waals surface area contributed by atoms with Crippen LogP contribution >= 0.6 is 0 Å². The summed E-state index contributed by atoms with van der Waals surface area (Å²) in [7, 11) is 0. The fraction of sp³-hybridized carbons (Fsp3) is 0.650. The number of benzene rings is 1. The molecule has 0 unspecified atom stereocenters. The van der Waals surface area contributed by atoms with E-state index in [0.717, 1.165) is 25.9 Å². The van der Waals surface area contributed by atoms with Crippen LogP contribution in [0.5, 0.6) is 5.75 Å². The number of anilines is 1. The van der Waals surface area contributed by atoms with Gasteiger partial charge in [-0.3, -0.25) is 0 Å². The summed E-state index contributed by atoms with van der Waals surface area (Å²) >= 11 is 0. The number of nitrogens with one attached hydrogen (secondary N) is 1. The molecule has 1 aromatic rings. The van der Waals surface area contributed by atoms with Crippen LogP contribution in [0.15, 0.2) is 12.1 Å². The van der Waals surface area contributed by atoms with Crippen LogP contribution in [0.1, 0.15) is 33.6 Å². The number of hydrogen-bond acceptors (Lipinski definition) is 5. The lowest BCUT2D eigenvalue weighted by Crippen LogP contribution is -2.50. The molecule has 1 N–H and O–H groups in total. The van der Waals surface area contributed by atoms with Crippen molar-refractivity contribution in [3.63, 3.8) is 0 Å². The van der Waals surface area contributed by atoms with Crippen molar-refractivity contribution in [1.29, 1.82) is 0 Å². The van der Waals surface area contributed by atoms with Gasteiger partial charge < -0.3 is 24.6 Å². The maximum Gasteiger partial charge on any atom is 0.410 e. The summed E-state index contributed by atoms with van der Waals surface area (Å²) in [6.07, 6.45) is 1.06. The van der Waals surface area contributed by atoms with Crippen molar-refractivity contribution in [2.75, 3.05) is 44.2 Å². The van der Waals surface area contributed by atoms with Crippen molar-refractivity contribution in [3.05, 3.63) is 23.8 Å². The van der Waals surface area contributed by atoms with E-state index in [1.807, 2.05) is 25.7 Å². The van der Waals surface area contributed by atoms with Crippen molar-refractivity contribution in [2.45, 2.75) is 45.3 Å². The van der Waals surface area contributed by atoms with Crippen molar-refractivity contribution >= 4 is 11.8 Å². The monoisotopic (exact) mass is 397 g/mol. The number of hydrogen-bond donors (Lipinski definition) is 1. The fourth-order valence-corrected chi connectivity index (χ4v) is 3.39. The summed E-state index contributed by atoms with van der Waals surface area (Å²) < 4.78 is 39.5. The van der Waals surface area contributed by atoms with Gasteiger partial charge in [0.25, 0.3) is 0 Å². The molecule has 0 bridgehead atoms. The first-order valence-electron chi connectivity index (χ1n) is 9.82. The first-order chi connectivity index (χ1) is 13.2. The number of piperazine rings is 1. The third kappa shape index (κ3) is 5.25. The van der Waals surface area contributed by atoms with E-state index in [1.165, 1.54) is 6.07 Å². The van der Waals surface area contributed by atoms with Gasteiger partial charge in [-0.1, -0.05) is 0 Å². The number of piperidine rings is 1. The van der Waals surface area contributed by atoms with E-state index in [-0.39, 0.29) is 17.9 Å². The molecule has 156 valence electrons. The molecule has 3 rings (SSSR count). The van der Waals surface area contributed by atoms with Gasteiger partial charge in [0.1, 0.15) is 11.7 Å². The van der Waals surface area contributed by atoms with Crippen LogP contribution in [-0.4, -0.2) is 62.0 Å². The molecule has 2 saturated heterocycles. The zero-order chi connectivity index (χ0) is 20.3. The Hall–Kier alpha value is -2.09. The minimum atomic E-state index is -0.949. The lowest BCUT2D eigenvalue weighted by atomic mass is 10.1. The number of amides is 1. The average Bonchev–Trinajstić information content (AvgIpc) is 2.65. The van der Waals surface area contributed by atoms with Gasteiger partial charge in [0.2, 0.25) is 5.82 Å². The van der Waals surface area contributed by atoms with E-state index >= 15 is 0 Å².